The SMILES string of the molecule is Cc1ccc(N2CCCCC2)c(CBr)c1. The fourth-order valence-corrected chi connectivity index (χ4v) is 2.71. The van der Waals surface area contributed by atoms with E-state index < -0.39 is 0 Å². The molecule has 1 nitrogen and oxygen atoms in total. The van der Waals surface area contributed by atoms with Crippen molar-refractivity contribution >= 4 is 21.6 Å². The van der Waals surface area contributed by atoms with Crippen molar-refractivity contribution < 1.29 is 0 Å². The Bertz CT molecular complexity index is 329. The summed E-state index contributed by atoms with van der Waals surface area (Å²) in [6, 6.07) is 6.78. The van der Waals surface area contributed by atoms with Gasteiger partial charge in [-0.1, -0.05) is 33.6 Å². The van der Waals surface area contributed by atoms with E-state index in [4.69, 9.17) is 0 Å². The zero-order chi connectivity index (χ0) is 10.7. The van der Waals surface area contributed by atoms with Gasteiger partial charge in [0.05, 0.1) is 0 Å². The van der Waals surface area contributed by atoms with Crippen LogP contribution in [-0.2, 0) is 5.33 Å². The average Bonchev–Trinajstić information content (AvgIpc) is 2.30. The molecule has 1 aliphatic heterocycles. The number of hydrogen-bond acceptors (Lipinski definition) is 1. The number of hydrogen-bond donors (Lipinski definition) is 0. The Morgan fingerprint density at radius 3 is 2.60 bits per heavy atom. The summed E-state index contributed by atoms with van der Waals surface area (Å²) in [6.45, 7) is 4.61. The van der Waals surface area contributed by atoms with Crippen LogP contribution in [0.5, 0.6) is 0 Å². The van der Waals surface area contributed by atoms with Gasteiger partial charge in [0.15, 0.2) is 0 Å². The van der Waals surface area contributed by atoms with E-state index in [1.165, 1.54) is 49.2 Å². The van der Waals surface area contributed by atoms with E-state index in [9.17, 15) is 0 Å². The maximum atomic E-state index is 3.58. The summed E-state index contributed by atoms with van der Waals surface area (Å²) in [7, 11) is 0. The average molecular weight is 268 g/mol. The molecule has 1 aliphatic rings. The highest BCUT2D eigenvalue weighted by Crippen LogP contribution is 2.26. The van der Waals surface area contributed by atoms with Crippen LogP contribution in [0, 0.1) is 6.92 Å². The van der Waals surface area contributed by atoms with Crippen LogP contribution >= 0.6 is 15.9 Å². The molecule has 0 saturated carbocycles. The quantitative estimate of drug-likeness (QED) is 0.736. The molecular formula is C13H18BrN. The smallest absolute Gasteiger partial charge is 0.0407 e. The molecule has 0 aromatic heterocycles. The molecule has 15 heavy (non-hydrogen) atoms. The van der Waals surface area contributed by atoms with E-state index in [2.05, 4.69) is 46.0 Å². The van der Waals surface area contributed by atoms with Gasteiger partial charge < -0.3 is 4.90 Å². The Kier molecular flexibility index (Phi) is 3.68. The molecule has 0 atom stereocenters. The molecule has 0 unspecified atom stereocenters. The third-order valence-corrected chi connectivity index (χ3v) is 3.68. The monoisotopic (exact) mass is 267 g/mol. The van der Waals surface area contributed by atoms with Crippen molar-refractivity contribution in [1.29, 1.82) is 0 Å². The first-order valence-electron chi connectivity index (χ1n) is 5.71. The van der Waals surface area contributed by atoms with Crippen molar-refractivity contribution in [3.8, 4) is 0 Å². The number of rotatable bonds is 2. The second-order valence-electron chi connectivity index (χ2n) is 4.31. The predicted octanol–water partition coefficient (Wildman–Crippen LogP) is 3.88. The van der Waals surface area contributed by atoms with Crippen molar-refractivity contribution in [2.75, 3.05) is 18.0 Å². The number of nitrogens with zero attached hydrogens (tertiary/aromatic N) is 1. The molecule has 1 aromatic carbocycles. The van der Waals surface area contributed by atoms with E-state index in [1.54, 1.807) is 0 Å². The highest BCUT2D eigenvalue weighted by Gasteiger charge is 2.13. The Labute approximate surface area is 101 Å². The van der Waals surface area contributed by atoms with Gasteiger partial charge in [-0.2, -0.15) is 0 Å². The standard InChI is InChI=1S/C13H18BrN/c1-11-5-6-13(12(9-11)10-14)15-7-3-2-4-8-15/h5-6,9H,2-4,7-8,10H2,1H3. The lowest BCUT2D eigenvalue weighted by Gasteiger charge is -2.30. The van der Waals surface area contributed by atoms with Crippen molar-refractivity contribution in [2.45, 2.75) is 31.5 Å². The Balaban J connectivity index is 2.25. The molecule has 0 amide bonds. The van der Waals surface area contributed by atoms with Crippen molar-refractivity contribution in [3.05, 3.63) is 29.3 Å². The van der Waals surface area contributed by atoms with Crippen LogP contribution < -0.4 is 4.90 Å². The predicted molar refractivity (Wildman–Crippen MR) is 69.9 cm³/mol. The number of halogens is 1. The molecule has 0 aliphatic carbocycles. The van der Waals surface area contributed by atoms with Crippen LogP contribution in [0.4, 0.5) is 5.69 Å². The number of anilines is 1. The second-order valence-corrected chi connectivity index (χ2v) is 4.87. The molecule has 1 fully saturated rings. The molecule has 1 saturated heterocycles. The van der Waals surface area contributed by atoms with Crippen LogP contribution in [0.3, 0.4) is 0 Å². The summed E-state index contributed by atoms with van der Waals surface area (Å²) in [6.07, 6.45) is 4.08. The number of aryl methyl sites for hydroxylation is 1. The van der Waals surface area contributed by atoms with Gasteiger partial charge in [0.25, 0.3) is 0 Å². The maximum absolute atomic E-state index is 3.58. The number of piperidine rings is 1. The van der Waals surface area contributed by atoms with Crippen LogP contribution in [0.25, 0.3) is 0 Å². The Hall–Kier alpha value is -0.500. The number of benzene rings is 1. The first-order chi connectivity index (χ1) is 7.31. The van der Waals surface area contributed by atoms with Gasteiger partial charge in [0, 0.05) is 24.1 Å². The molecular weight excluding hydrogens is 250 g/mol. The third kappa shape index (κ3) is 2.54. The van der Waals surface area contributed by atoms with Crippen molar-refractivity contribution in [1.82, 2.24) is 0 Å². The molecule has 82 valence electrons. The fourth-order valence-electron chi connectivity index (χ4n) is 2.26. The van der Waals surface area contributed by atoms with Gasteiger partial charge in [0.2, 0.25) is 0 Å². The van der Waals surface area contributed by atoms with Crippen LogP contribution in [0.2, 0.25) is 0 Å². The number of alkyl halides is 1. The topological polar surface area (TPSA) is 3.24 Å². The molecule has 0 spiro atoms. The molecule has 1 aromatic rings. The first-order valence-corrected chi connectivity index (χ1v) is 6.84. The summed E-state index contributed by atoms with van der Waals surface area (Å²) in [4.78, 5) is 2.53. The van der Waals surface area contributed by atoms with Crippen LogP contribution in [0.1, 0.15) is 30.4 Å². The van der Waals surface area contributed by atoms with E-state index >= 15 is 0 Å². The summed E-state index contributed by atoms with van der Waals surface area (Å²) < 4.78 is 0. The molecule has 0 bridgehead atoms. The highest BCUT2D eigenvalue weighted by molar-refractivity contribution is 9.08. The van der Waals surface area contributed by atoms with Crippen LogP contribution in [0.15, 0.2) is 18.2 Å². The van der Waals surface area contributed by atoms with E-state index in [0.717, 1.165) is 5.33 Å². The molecule has 0 N–H and O–H groups in total. The van der Waals surface area contributed by atoms with Gasteiger partial charge in [-0.3, -0.25) is 0 Å². The van der Waals surface area contributed by atoms with Gasteiger partial charge in [0.1, 0.15) is 0 Å². The van der Waals surface area contributed by atoms with Gasteiger partial charge in [-0.05, 0) is 37.8 Å². The zero-order valence-electron chi connectivity index (χ0n) is 9.30. The van der Waals surface area contributed by atoms with Crippen molar-refractivity contribution in [2.24, 2.45) is 0 Å². The van der Waals surface area contributed by atoms with Crippen LogP contribution in [-0.4, -0.2) is 13.1 Å². The largest absolute Gasteiger partial charge is 0.371 e. The van der Waals surface area contributed by atoms with E-state index in [-0.39, 0.29) is 0 Å². The Morgan fingerprint density at radius 1 is 1.20 bits per heavy atom. The molecule has 0 radical (unpaired) electrons. The summed E-state index contributed by atoms with van der Waals surface area (Å²) >= 11 is 3.58. The summed E-state index contributed by atoms with van der Waals surface area (Å²) in [5.41, 5.74) is 4.21. The first kappa shape index (κ1) is 11.0. The van der Waals surface area contributed by atoms with Crippen molar-refractivity contribution in [3.63, 3.8) is 0 Å². The third-order valence-electron chi connectivity index (χ3n) is 3.08. The lowest BCUT2D eigenvalue weighted by Crippen LogP contribution is -2.30. The lowest BCUT2D eigenvalue weighted by molar-refractivity contribution is 0.577. The fraction of sp³-hybridized carbons (Fsp3) is 0.538. The maximum Gasteiger partial charge on any atom is 0.0407 e. The highest BCUT2D eigenvalue weighted by atomic mass is 79.9. The molecule has 2 rings (SSSR count). The Morgan fingerprint density at radius 2 is 1.93 bits per heavy atom. The lowest BCUT2D eigenvalue weighted by atomic mass is 10.1. The minimum atomic E-state index is 0.959. The molecule has 1 heterocycles. The molecule has 2 heteroatoms. The van der Waals surface area contributed by atoms with Gasteiger partial charge in [-0.15, -0.1) is 0 Å². The second kappa shape index (κ2) is 5.02. The summed E-state index contributed by atoms with van der Waals surface area (Å²) in [5.74, 6) is 0. The zero-order valence-corrected chi connectivity index (χ0v) is 10.9. The van der Waals surface area contributed by atoms with E-state index in [1.807, 2.05) is 0 Å². The summed E-state index contributed by atoms with van der Waals surface area (Å²) in [5, 5.41) is 0.959. The van der Waals surface area contributed by atoms with Gasteiger partial charge in [-0.25, -0.2) is 0 Å². The van der Waals surface area contributed by atoms with Gasteiger partial charge >= 0.3 is 0 Å². The van der Waals surface area contributed by atoms with E-state index in [0.29, 0.717) is 0 Å². The minimum absolute atomic E-state index is 0.959. The minimum Gasteiger partial charge on any atom is -0.371 e. The normalized spacial score (nSPS) is 16.8.